The van der Waals surface area contributed by atoms with E-state index in [4.69, 9.17) is 17.3 Å². The molecule has 3 aliphatic heterocycles. The molecule has 2 fully saturated rings. The van der Waals surface area contributed by atoms with Gasteiger partial charge in [0.1, 0.15) is 6.17 Å². The summed E-state index contributed by atoms with van der Waals surface area (Å²) in [7, 11) is 2.15. The average Bonchev–Trinajstić information content (AvgIpc) is 2.83. The zero-order valence-corrected chi connectivity index (χ0v) is 23.2. The van der Waals surface area contributed by atoms with Gasteiger partial charge in [0.05, 0.1) is 0 Å². The van der Waals surface area contributed by atoms with Crippen molar-refractivity contribution in [3.63, 3.8) is 0 Å². The molecule has 34 heavy (non-hydrogen) atoms. The molecule has 192 valence electrons. The Balaban J connectivity index is 0.00000199. The summed E-state index contributed by atoms with van der Waals surface area (Å²) in [6, 6.07) is 1.33. The smallest absolute Gasteiger partial charge is 0.104 e. The summed E-state index contributed by atoms with van der Waals surface area (Å²) < 4.78 is 0. The predicted octanol–water partition coefficient (Wildman–Crippen LogP) is 5.15. The highest BCUT2D eigenvalue weighted by molar-refractivity contribution is 6.31. The fourth-order valence-electron chi connectivity index (χ4n) is 5.61. The fourth-order valence-corrected chi connectivity index (χ4v) is 5.67. The fraction of sp³-hybridized carbons (Fsp3) is 0.643. The summed E-state index contributed by atoms with van der Waals surface area (Å²) in [4.78, 5) is 10.3. The van der Waals surface area contributed by atoms with Crippen LogP contribution in [-0.2, 0) is 0 Å². The van der Waals surface area contributed by atoms with E-state index >= 15 is 0 Å². The number of allylic oxidation sites excluding steroid dienone is 5. The van der Waals surface area contributed by atoms with Crippen LogP contribution in [0.5, 0.6) is 0 Å². The second-order valence-electron chi connectivity index (χ2n) is 9.63. The number of hydrogen-bond donors (Lipinski definition) is 1. The molecule has 0 aliphatic carbocycles. The molecule has 6 heteroatoms. The highest BCUT2D eigenvalue weighted by Gasteiger charge is 2.36. The SMILES string of the molecule is C=C/C(Cl)=C\C=C(/C)CN1CCC(N2CCN(C3C(C)=CC(N)=CN3C)CC2CC)CC1.CC. The molecule has 0 aromatic rings. The normalized spacial score (nSPS) is 26.5. The number of piperidine rings is 1. The number of hydrogen-bond acceptors (Lipinski definition) is 5. The lowest BCUT2D eigenvalue weighted by Crippen LogP contribution is -2.62. The Kier molecular flexibility index (Phi) is 11.9. The molecule has 5 nitrogen and oxygen atoms in total. The summed E-state index contributed by atoms with van der Waals surface area (Å²) >= 11 is 6.03. The second-order valence-corrected chi connectivity index (χ2v) is 10.1. The van der Waals surface area contributed by atoms with Gasteiger partial charge in [0.2, 0.25) is 0 Å². The first-order valence-corrected chi connectivity index (χ1v) is 13.4. The number of nitrogens with two attached hydrogens (primary N) is 1. The molecule has 0 saturated carbocycles. The van der Waals surface area contributed by atoms with Crippen LogP contribution in [0.1, 0.15) is 53.9 Å². The molecule has 2 saturated heterocycles. The van der Waals surface area contributed by atoms with Gasteiger partial charge in [0.15, 0.2) is 0 Å². The molecular weight excluding hydrogens is 442 g/mol. The van der Waals surface area contributed by atoms with Crippen molar-refractivity contribution < 1.29 is 0 Å². The van der Waals surface area contributed by atoms with Crippen molar-refractivity contribution >= 4 is 11.6 Å². The van der Waals surface area contributed by atoms with Gasteiger partial charge in [-0.15, -0.1) is 0 Å². The lowest BCUT2D eigenvalue weighted by molar-refractivity contribution is -0.0153. The molecule has 3 aliphatic rings. The summed E-state index contributed by atoms with van der Waals surface area (Å²) in [5, 5.41) is 0.692. The van der Waals surface area contributed by atoms with Gasteiger partial charge in [-0.1, -0.05) is 56.7 Å². The van der Waals surface area contributed by atoms with Crippen molar-refractivity contribution in [2.24, 2.45) is 5.73 Å². The first-order chi connectivity index (χ1) is 16.3. The number of nitrogens with zero attached hydrogens (tertiary/aromatic N) is 4. The van der Waals surface area contributed by atoms with Crippen molar-refractivity contribution in [2.45, 2.75) is 72.1 Å². The van der Waals surface area contributed by atoms with Crippen LogP contribution in [-0.4, -0.2) is 84.2 Å². The molecule has 2 atom stereocenters. The molecular formula is C28H48ClN5. The van der Waals surface area contributed by atoms with Gasteiger partial charge in [0, 0.05) is 62.2 Å². The first kappa shape index (κ1) is 28.7. The highest BCUT2D eigenvalue weighted by atomic mass is 35.5. The van der Waals surface area contributed by atoms with Gasteiger partial charge < -0.3 is 10.6 Å². The standard InChI is InChI=1S/C26H42ClN5.C2H6/c1-6-22(27)9-8-20(3)17-30-12-10-25(11-13-30)32-15-14-31(19-24(32)7-2)26-21(4)16-23(28)18-29(26)5;1-2/h6,8-9,16,18,24-26H,1,7,10-15,17,19,28H2,2-5H3;1-2H3/b20-8+,22-9+;. The molecule has 0 aromatic carbocycles. The minimum atomic E-state index is 0.332. The van der Waals surface area contributed by atoms with Crippen LogP contribution in [0.25, 0.3) is 0 Å². The zero-order valence-electron chi connectivity index (χ0n) is 22.4. The summed E-state index contributed by atoms with van der Waals surface area (Å²) in [6.45, 7) is 21.2. The van der Waals surface area contributed by atoms with E-state index in [9.17, 15) is 0 Å². The average molecular weight is 490 g/mol. The summed E-state index contributed by atoms with van der Waals surface area (Å²) in [6.07, 6.45) is 14.0. The van der Waals surface area contributed by atoms with Gasteiger partial charge in [0.25, 0.3) is 0 Å². The lowest BCUT2D eigenvalue weighted by atomic mass is 9.97. The molecule has 3 rings (SSSR count). The van der Waals surface area contributed by atoms with Crippen LogP contribution < -0.4 is 5.73 Å². The van der Waals surface area contributed by atoms with Crippen LogP contribution in [0.2, 0.25) is 0 Å². The van der Waals surface area contributed by atoms with Crippen molar-refractivity contribution in [1.29, 1.82) is 0 Å². The molecule has 0 bridgehead atoms. The van der Waals surface area contributed by atoms with Gasteiger partial charge in [-0.05, 0) is 63.9 Å². The third-order valence-corrected chi connectivity index (χ3v) is 7.42. The van der Waals surface area contributed by atoms with Gasteiger partial charge in [-0.3, -0.25) is 14.7 Å². The Bertz CT molecular complexity index is 776. The Labute approximate surface area is 214 Å². The number of rotatable bonds is 7. The molecule has 2 N–H and O–H groups in total. The van der Waals surface area contributed by atoms with E-state index < -0.39 is 0 Å². The maximum atomic E-state index is 6.05. The molecule has 0 radical (unpaired) electrons. The van der Waals surface area contributed by atoms with E-state index in [0.717, 1.165) is 31.9 Å². The summed E-state index contributed by atoms with van der Waals surface area (Å²) in [5.41, 5.74) is 9.59. The van der Waals surface area contributed by atoms with Gasteiger partial charge >= 0.3 is 0 Å². The van der Waals surface area contributed by atoms with E-state index in [2.05, 4.69) is 72.3 Å². The Morgan fingerprint density at radius 2 is 1.85 bits per heavy atom. The minimum absolute atomic E-state index is 0.332. The Morgan fingerprint density at radius 3 is 2.44 bits per heavy atom. The highest BCUT2D eigenvalue weighted by Crippen LogP contribution is 2.28. The van der Waals surface area contributed by atoms with Crippen LogP contribution in [0.15, 0.2) is 59.0 Å². The van der Waals surface area contributed by atoms with Crippen LogP contribution in [0.3, 0.4) is 0 Å². The first-order valence-electron chi connectivity index (χ1n) is 13.1. The van der Waals surface area contributed by atoms with Crippen molar-refractivity contribution in [3.05, 3.63) is 59.0 Å². The molecule has 3 heterocycles. The van der Waals surface area contributed by atoms with Gasteiger partial charge in [-0.25, -0.2) is 0 Å². The number of likely N-dealkylation sites (N-methyl/N-ethyl adjacent to an activating group) is 1. The number of piperazine rings is 1. The van der Waals surface area contributed by atoms with E-state index in [-0.39, 0.29) is 0 Å². The van der Waals surface area contributed by atoms with Crippen LogP contribution >= 0.6 is 11.6 Å². The summed E-state index contributed by atoms with van der Waals surface area (Å²) in [5.74, 6) is 0. The van der Waals surface area contributed by atoms with Crippen molar-refractivity contribution in [1.82, 2.24) is 19.6 Å². The number of halogens is 1. The maximum Gasteiger partial charge on any atom is 0.104 e. The predicted molar refractivity (Wildman–Crippen MR) is 149 cm³/mol. The topological polar surface area (TPSA) is 39.0 Å². The lowest BCUT2D eigenvalue weighted by Gasteiger charge is -2.50. The van der Waals surface area contributed by atoms with E-state index in [0.29, 0.717) is 23.3 Å². The van der Waals surface area contributed by atoms with Crippen LogP contribution in [0.4, 0.5) is 0 Å². The molecule has 0 spiro atoms. The van der Waals surface area contributed by atoms with E-state index in [1.165, 1.54) is 43.5 Å². The monoisotopic (exact) mass is 489 g/mol. The maximum absolute atomic E-state index is 6.05. The Hall–Kier alpha value is -1.53. The van der Waals surface area contributed by atoms with E-state index in [1.807, 2.05) is 19.9 Å². The zero-order chi connectivity index (χ0) is 25.3. The second kappa shape index (κ2) is 14.1. The molecule has 2 unspecified atom stereocenters. The number of likely N-dealkylation sites (tertiary alicyclic amines) is 1. The Morgan fingerprint density at radius 1 is 1.18 bits per heavy atom. The third-order valence-electron chi connectivity index (χ3n) is 7.14. The van der Waals surface area contributed by atoms with Crippen molar-refractivity contribution in [2.75, 3.05) is 46.3 Å². The third kappa shape index (κ3) is 7.74. The molecule has 0 amide bonds. The minimum Gasteiger partial charge on any atom is -0.398 e. The van der Waals surface area contributed by atoms with Gasteiger partial charge in [-0.2, -0.15) is 0 Å². The van der Waals surface area contributed by atoms with Crippen molar-refractivity contribution in [3.8, 4) is 0 Å². The van der Waals surface area contributed by atoms with E-state index in [1.54, 1.807) is 6.08 Å². The largest absolute Gasteiger partial charge is 0.398 e. The quantitative estimate of drug-likeness (QED) is 0.501. The molecule has 0 aromatic heterocycles. The van der Waals surface area contributed by atoms with Crippen LogP contribution in [0, 0.1) is 0 Å².